The minimum Gasteiger partial charge on any atom is -0.382 e. The third kappa shape index (κ3) is 6.92. The van der Waals surface area contributed by atoms with E-state index in [4.69, 9.17) is 16.3 Å². The maximum Gasteiger partial charge on any atom is 0.318 e. The maximum atomic E-state index is 14.3. The number of ether oxygens (including phenoxy) is 1. The number of nitrogens with one attached hydrogen (secondary N) is 3. The number of rotatable bonds is 10. The quantitative estimate of drug-likeness (QED) is 0.323. The van der Waals surface area contributed by atoms with Crippen LogP contribution in [0.3, 0.4) is 0 Å². The molecule has 16 heteroatoms. The molecule has 0 unspecified atom stereocenters. The molecule has 0 radical (unpaired) electrons. The number of alkyl halides is 2. The predicted octanol–water partition coefficient (Wildman–Crippen LogP) is 3.28. The van der Waals surface area contributed by atoms with Crippen LogP contribution in [0.25, 0.3) is 0 Å². The largest absolute Gasteiger partial charge is 0.382 e. The fraction of sp³-hybridized carbons (Fsp3) is 0.360. The standard InChI is InChI=1S/C25H25ClF3N7O5/c1-3-17-21(35-41-34-17)23(38)33-20(14-4-5-15(26)16(27)8-14)22(37)32-19-9-13(6-7-30-19)18(10-40-2)36-12-25(28,29)11-31-24(36)39/h4-9,18,20H,3,10-12H2,1-2H3,(H,31,39)(H,33,38)(H,30,32,37)/t18-,20+/m1/s1. The number of aromatic nitrogens is 3. The van der Waals surface area contributed by atoms with E-state index in [2.05, 4.69) is 35.9 Å². The highest BCUT2D eigenvalue weighted by molar-refractivity contribution is 6.30. The number of aryl methyl sites for hydroxylation is 1. The molecule has 4 rings (SSSR count). The molecule has 0 saturated carbocycles. The molecule has 1 fully saturated rings. The number of carbonyl (C=O) groups is 3. The Morgan fingerprint density at radius 1 is 1.24 bits per heavy atom. The van der Waals surface area contributed by atoms with Crippen molar-refractivity contribution < 1.29 is 36.9 Å². The first-order valence-electron chi connectivity index (χ1n) is 12.3. The van der Waals surface area contributed by atoms with E-state index >= 15 is 0 Å². The summed E-state index contributed by atoms with van der Waals surface area (Å²) >= 11 is 5.79. The molecule has 3 heterocycles. The number of methoxy groups -OCH3 is 1. The van der Waals surface area contributed by atoms with Gasteiger partial charge >= 0.3 is 6.03 Å². The van der Waals surface area contributed by atoms with E-state index in [0.29, 0.717) is 12.0 Å². The van der Waals surface area contributed by atoms with E-state index in [1.165, 1.54) is 37.6 Å². The Morgan fingerprint density at radius 2 is 2.02 bits per heavy atom. The van der Waals surface area contributed by atoms with E-state index in [0.717, 1.165) is 11.0 Å². The van der Waals surface area contributed by atoms with Crippen molar-refractivity contribution in [1.29, 1.82) is 0 Å². The molecule has 0 aliphatic carbocycles. The monoisotopic (exact) mass is 595 g/mol. The summed E-state index contributed by atoms with van der Waals surface area (Å²) in [5, 5.41) is 14.2. The summed E-state index contributed by atoms with van der Waals surface area (Å²) in [6.45, 7) is -0.0413. The van der Waals surface area contributed by atoms with E-state index < -0.39 is 54.8 Å². The number of nitrogens with zero attached hydrogens (tertiary/aromatic N) is 4. The summed E-state index contributed by atoms with van der Waals surface area (Å²) in [5.41, 5.74) is 0.478. The molecule has 2 atom stereocenters. The van der Waals surface area contributed by atoms with Crippen LogP contribution in [0.2, 0.25) is 5.02 Å². The van der Waals surface area contributed by atoms with Crippen molar-refractivity contribution >= 4 is 35.3 Å². The van der Waals surface area contributed by atoms with E-state index in [1.807, 2.05) is 0 Å². The highest BCUT2D eigenvalue weighted by Gasteiger charge is 2.42. The normalized spacial score (nSPS) is 16.0. The van der Waals surface area contributed by atoms with Gasteiger partial charge in [-0.05, 0) is 47.0 Å². The smallest absolute Gasteiger partial charge is 0.318 e. The number of hydrogen-bond donors (Lipinski definition) is 3. The third-order valence-corrected chi connectivity index (χ3v) is 6.51. The molecule has 1 saturated heterocycles. The van der Waals surface area contributed by atoms with Crippen LogP contribution < -0.4 is 16.0 Å². The highest BCUT2D eigenvalue weighted by Crippen LogP contribution is 2.29. The van der Waals surface area contributed by atoms with Gasteiger partial charge in [0, 0.05) is 13.3 Å². The molecule has 12 nitrogen and oxygen atoms in total. The Bertz CT molecular complexity index is 1440. The summed E-state index contributed by atoms with van der Waals surface area (Å²) in [6, 6.07) is 3.31. The number of benzene rings is 1. The summed E-state index contributed by atoms with van der Waals surface area (Å²) in [7, 11) is 1.35. The molecule has 2 aromatic heterocycles. The van der Waals surface area contributed by atoms with Gasteiger partial charge in [0.1, 0.15) is 23.4 Å². The zero-order valence-electron chi connectivity index (χ0n) is 21.8. The van der Waals surface area contributed by atoms with Crippen LogP contribution in [0, 0.1) is 5.82 Å². The second-order valence-corrected chi connectivity index (χ2v) is 9.48. The second kappa shape index (κ2) is 12.5. The first-order chi connectivity index (χ1) is 19.5. The van der Waals surface area contributed by atoms with Crippen molar-refractivity contribution in [3.8, 4) is 0 Å². The van der Waals surface area contributed by atoms with Crippen LogP contribution in [-0.4, -0.2) is 70.8 Å². The molecule has 3 aromatic rings. The van der Waals surface area contributed by atoms with Crippen molar-refractivity contribution in [3.63, 3.8) is 0 Å². The van der Waals surface area contributed by atoms with Crippen molar-refractivity contribution in [2.24, 2.45) is 0 Å². The molecule has 4 amide bonds. The van der Waals surface area contributed by atoms with Gasteiger partial charge in [0.15, 0.2) is 5.69 Å². The topological polar surface area (TPSA) is 152 Å². The van der Waals surface area contributed by atoms with E-state index in [1.54, 1.807) is 6.92 Å². The summed E-state index contributed by atoms with van der Waals surface area (Å²) in [6.07, 6.45) is 1.62. The van der Waals surface area contributed by atoms with Crippen LogP contribution in [0.4, 0.5) is 23.8 Å². The fourth-order valence-electron chi connectivity index (χ4n) is 4.18. The summed E-state index contributed by atoms with van der Waals surface area (Å²) < 4.78 is 52.3. The molecule has 218 valence electrons. The van der Waals surface area contributed by atoms with Crippen molar-refractivity contribution in [2.75, 3.05) is 32.1 Å². The number of carbonyl (C=O) groups excluding carboxylic acids is 3. The first-order valence-corrected chi connectivity index (χ1v) is 12.7. The van der Waals surface area contributed by atoms with Gasteiger partial charge in [0.05, 0.1) is 30.8 Å². The number of halogens is 4. The Labute approximate surface area is 236 Å². The molecule has 1 aliphatic heterocycles. The number of urea groups is 1. The summed E-state index contributed by atoms with van der Waals surface area (Å²) in [5.74, 6) is -5.67. The molecule has 41 heavy (non-hydrogen) atoms. The minimum absolute atomic E-state index is 0.0381. The number of anilines is 1. The van der Waals surface area contributed by atoms with Gasteiger partial charge in [-0.3, -0.25) is 9.59 Å². The Balaban J connectivity index is 1.62. The molecular formula is C25H25ClF3N7O5. The van der Waals surface area contributed by atoms with Crippen molar-refractivity contribution in [1.82, 2.24) is 30.8 Å². The zero-order chi connectivity index (χ0) is 29.7. The van der Waals surface area contributed by atoms with Gasteiger partial charge in [-0.15, -0.1) is 0 Å². The van der Waals surface area contributed by atoms with Gasteiger partial charge in [-0.25, -0.2) is 27.6 Å². The van der Waals surface area contributed by atoms with Crippen LogP contribution in [-0.2, 0) is 16.0 Å². The number of pyridine rings is 1. The zero-order valence-corrected chi connectivity index (χ0v) is 22.5. The SMILES string of the molecule is CCc1nonc1C(=O)N[C@H](C(=O)Nc1cc([C@@H](COC)N2CC(F)(F)CNC2=O)ccn1)c1ccc(Cl)c(F)c1. The van der Waals surface area contributed by atoms with Gasteiger partial charge in [0.2, 0.25) is 0 Å². The molecule has 0 bridgehead atoms. The van der Waals surface area contributed by atoms with Gasteiger partial charge in [0.25, 0.3) is 17.7 Å². The van der Waals surface area contributed by atoms with E-state index in [9.17, 15) is 27.6 Å². The van der Waals surface area contributed by atoms with Gasteiger partial charge in [-0.2, -0.15) is 0 Å². The lowest BCUT2D eigenvalue weighted by molar-refractivity contribution is -0.118. The summed E-state index contributed by atoms with van der Waals surface area (Å²) in [4.78, 5) is 43.8. The van der Waals surface area contributed by atoms with Crippen LogP contribution >= 0.6 is 11.6 Å². The Kier molecular flexibility index (Phi) is 9.08. The third-order valence-electron chi connectivity index (χ3n) is 6.20. The fourth-order valence-corrected chi connectivity index (χ4v) is 4.30. The number of amides is 4. The Morgan fingerprint density at radius 3 is 2.73 bits per heavy atom. The molecular weight excluding hydrogens is 571 g/mol. The van der Waals surface area contributed by atoms with Crippen LogP contribution in [0.15, 0.2) is 41.2 Å². The molecule has 0 spiro atoms. The van der Waals surface area contributed by atoms with Gasteiger partial charge in [-0.1, -0.05) is 29.7 Å². The molecule has 1 aromatic carbocycles. The lowest BCUT2D eigenvalue weighted by atomic mass is 10.0. The first kappa shape index (κ1) is 29.7. The van der Waals surface area contributed by atoms with E-state index in [-0.39, 0.29) is 34.4 Å². The number of hydrogen-bond acceptors (Lipinski definition) is 8. The van der Waals surface area contributed by atoms with Gasteiger partial charge < -0.3 is 25.6 Å². The lowest BCUT2D eigenvalue weighted by Gasteiger charge is -2.38. The van der Waals surface area contributed by atoms with Crippen molar-refractivity contribution in [2.45, 2.75) is 31.4 Å². The molecule has 3 N–H and O–H groups in total. The van der Waals surface area contributed by atoms with Crippen molar-refractivity contribution in [3.05, 3.63) is 69.9 Å². The van der Waals surface area contributed by atoms with Crippen LogP contribution in [0.5, 0.6) is 0 Å². The highest BCUT2D eigenvalue weighted by atomic mass is 35.5. The lowest BCUT2D eigenvalue weighted by Crippen LogP contribution is -2.58. The van der Waals surface area contributed by atoms with Crippen LogP contribution in [0.1, 0.15) is 46.3 Å². The molecule has 1 aliphatic rings. The minimum atomic E-state index is -3.17. The average molecular weight is 596 g/mol. The Hall–Kier alpha value is -4.24. The average Bonchev–Trinajstić information content (AvgIpc) is 3.43. The maximum absolute atomic E-state index is 14.3. The second-order valence-electron chi connectivity index (χ2n) is 9.07. The predicted molar refractivity (Wildman–Crippen MR) is 138 cm³/mol.